The second-order valence-corrected chi connectivity index (χ2v) is 7.81. The molecule has 1 fully saturated rings. The molecule has 0 spiro atoms. The molecule has 1 unspecified atom stereocenters. The number of imidazole rings is 1. The fourth-order valence-electron chi connectivity index (χ4n) is 4.29. The van der Waals surface area contributed by atoms with Gasteiger partial charge in [0.15, 0.2) is 5.65 Å². The molecule has 2 aromatic heterocycles. The van der Waals surface area contributed by atoms with Crippen molar-refractivity contribution >= 4 is 17.1 Å². The van der Waals surface area contributed by atoms with E-state index >= 15 is 0 Å². The van der Waals surface area contributed by atoms with E-state index in [0.29, 0.717) is 24.4 Å². The highest BCUT2D eigenvalue weighted by Gasteiger charge is 2.31. The Morgan fingerprint density at radius 1 is 1.00 bits per heavy atom. The van der Waals surface area contributed by atoms with Crippen LogP contribution in [0.2, 0.25) is 0 Å². The average Bonchev–Trinajstić information content (AvgIpc) is 3.48. The maximum absolute atomic E-state index is 13.1. The molecule has 0 bridgehead atoms. The zero-order valence-electron chi connectivity index (χ0n) is 18.1. The van der Waals surface area contributed by atoms with Gasteiger partial charge in [0.05, 0.1) is 20.3 Å². The lowest BCUT2D eigenvalue weighted by Gasteiger charge is -2.19. The minimum Gasteiger partial charge on any atom is -0.497 e. The van der Waals surface area contributed by atoms with Gasteiger partial charge >= 0.3 is 0 Å². The monoisotopic (exact) mass is 428 g/mol. The van der Waals surface area contributed by atoms with Crippen molar-refractivity contribution in [1.29, 1.82) is 0 Å². The number of fused-ring (bicyclic) bond motifs is 1. The van der Waals surface area contributed by atoms with Crippen LogP contribution in [-0.4, -0.2) is 52.7 Å². The summed E-state index contributed by atoms with van der Waals surface area (Å²) in [6.45, 7) is 1.27. The Kier molecular flexibility index (Phi) is 5.23. The molecule has 1 amide bonds. The predicted octanol–water partition coefficient (Wildman–Crippen LogP) is 4.20. The van der Waals surface area contributed by atoms with Gasteiger partial charge in [0.25, 0.3) is 5.91 Å². The van der Waals surface area contributed by atoms with Crippen molar-refractivity contribution in [2.45, 2.75) is 12.5 Å². The van der Waals surface area contributed by atoms with E-state index in [1.54, 1.807) is 26.5 Å². The number of rotatable bonds is 5. The summed E-state index contributed by atoms with van der Waals surface area (Å²) in [7, 11) is 3.26. The van der Waals surface area contributed by atoms with E-state index in [4.69, 9.17) is 14.5 Å². The summed E-state index contributed by atoms with van der Waals surface area (Å²) in [4.78, 5) is 24.5. The third-order valence-corrected chi connectivity index (χ3v) is 5.93. The lowest BCUT2D eigenvalue weighted by molar-refractivity contribution is 0.0787. The van der Waals surface area contributed by atoms with Gasteiger partial charge in [-0.15, -0.1) is 0 Å². The number of ether oxygens (including phenoxy) is 2. The van der Waals surface area contributed by atoms with Gasteiger partial charge in [0.1, 0.15) is 22.8 Å². The van der Waals surface area contributed by atoms with Crippen molar-refractivity contribution in [3.8, 4) is 22.9 Å². The fourth-order valence-corrected chi connectivity index (χ4v) is 4.29. The summed E-state index contributed by atoms with van der Waals surface area (Å²) < 4.78 is 12.8. The molecule has 7 nitrogen and oxygen atoms in total. The Hall–Kier alpha value is -3.87. The Balaban J connectivity index is 1.48. The maximum atomic E-state index is 13.1. The lowest BCUT2D eigenvalue weighted by Crippen LogP contribution is -2.29. The molecule has 1 aliphatic heterocycles. The number of benzene rings is 2. The lowest BCUT2D eigenvalue weighted by atomic mass is 10.1. The van der Waals surface area contributed by atoms with Gasteiger partial charge in [-0.3, -0.25) is 4.79 Å². The van der Waals surface area contributed by atoms with Crippen molar-refractivity contribution in [3.05, 3.63) is 72.4 Å². The standard InChI is InChI=1S/C25H24N4O3/c1-31-20-10-8-17(9-11-20)23-27-22-7-4-13-26-24(22)29(23)19-12-14-28(16-19)25(30)18-5-3-6-21(15-18)32-2/h3-11,13,15,19H,12,14,16H2,1-2H3. The second kappa shape index (κ2) is 8.34. The Labute approximate surface area is 186 Å². The molecule has 5 rings (SSSR count). The van der Waals surface area contributed by atoms with Crippen LogP contribution in [0.5, 0.6) is 11.5 Å². The number of carbonyl (C=O) groups is 1. The number of hydrogen-bond donors (Lipinski definition) is 0. The summed E-state index contributed by atoms with van der Waals surface area (Å²) in [5.74, 6) is 2.33. The molecule has 7 heteroatoms. The number of carbonyl (C=O) groups excluding carboxylic acids is 1. The van der Waals surface area contributed by atoms with Crippen molar-refractivity contribution in [1.82, 2.24) is 19.4 Å². The number of likely N-dealkylation sites (tertiary alicyclic amines) is 1. The predicted molar refractivity (Wildman–Crippen MR) is 122 cm³/mol. The average molecular weight is 428 g/mol. The third-order valence-electron chi connectivity index (χ3n) is 5.93. The molecular weight excluding hydrogens is 404 g/mol. The van der Waals surface area contributed by atoms with E-state index in [1.807, 2.05) is 59.5 Å². The van der Waals surface area contributed by atoms with Crippen LogP contribution >= 0.6 is 0 Å². The van der Waals surface area contributed by atoms with Gasteiger partial charge < -0.3 is 18.9 Å². The van der Waals surface area contributed by atoms with Crippen molar-refractivity contribution in [3.63, 3.8) is 0 Å². The topological polar surface area (TPSA) is 69.5 Å². The van der Waals surface area contributed by atoms with Crippen LogP contribution in [0.15, 0.2) is 66.9 Å². The molecular formula is C25H24N4O3. The van der Waals surface area contributed by atoms with Crippen molar-refractivity contribution in [2.24, 2.45) is 0 Å². The summed E-state index contributed by atoms with van der Waals surface area (Å²) in [5, 5.41) is 0. The number of amides is 1. The van der Waals surface area contributed by atoms with Gasteiger partial charge in [0.2, 0.25) is 0 Å². The molecule has 0 N–H and O–H groups in total. The first-order chi connectivity index (χ1) is 15.7. The van der Waals surface area contributed by atoms with Crippen LogP contribution in [0.1, 0.15) is 22.8 Å². The molecule has 1 atom stereocenters. The van der Waals surface area contributed by atoms with Crippen LogP contribution in [0.3, 0.4) is 0 Å². The summed E-state index contributed by atoms with van der Waals surface area (Å²) in [6.07, 6.45) is 2.62. The quantitative estimate of drug-likeness (QED) is 0.476. The smallest absolute Gasteiger partial charge is 0.254 e. The third kappa shape index (κ3) is 3.56. The SMILES string of the molecule is COc1ccc(-c2nc3cccnc3n2C2CCN(C(=O)c3cccc(OC)c3)C2)cc1. The van der Waals surface area contributed by atoms with Crippen molar-refractivity contribution < 1.29 is 14.3 Å². The van der Waals surface area contributed by atoms with Crippen LogP contribution in [-0.2, 0) is 0 Å². The van der Waals surface area contributed by atoms with Crippen LogP contribution < -0.4 is 9.47 Å². The minimum absolute atomic E-state index is 0.00905. The zero-order chi connectivity index (χ0) is 22.1. The molecule has 0 aliphatic carbocycles. The number of hydrogen-bond acceptors (Lipinski definition) is 5. The summed E-state index contributed by atoms with van der Waals surface area (Å²) >= 11 is 0. The van der Waals surface area contributed by atoms with Gasteiger partial charge in [-0.05, 0) is 61.0 Å². The summed E-state index contributed by atoms with van der Waals surface area (Å²) in [5.41, 5.74) is 3.30. The molecule has 0 radical (unpaired) electrons. The van der Waals surface area contributed by atoms with E-state index in [2.05, 4.69) is 9.55 Å². The molecule has 3 heterocycles. The number of aromatic nitrogens is 3. The largest absolute Gasteiger partial charge is 0.497 e. The highest BCUT2D eigenvalue weighted by molar-refractivity contribution is 5.94. The second-order valence-electron chi connectivity index (χ2n) is 7.81. The van der Waals surface area contributed by atoms with Gasteiger partial charge in [0, 0.05) is 30.4 Å². The molecule has 162 valence electrons. The number of pyridine rings is 1. The highest BCUT2D eigenvalue weighted by Crippen LogP contribution is 2.33. The molecule has 2 aromatic carbocycles. The Morgan fingerprint density at radius 3 is 2.59 bits per heavy atom. The zero-order valence-corrected chi connectivity index (χ0v) is 18.1. The van der Waals surface area contributed by atoms with E-state index in [-0.39, 0.29) is 11.9 Å². The van der Waals surface area contributed by atoms with E-state index in [0.717, 1.165) is 34.7 Å². The van der Waals surface area contributed by atoms with Crippen LogP contribution in [0.4, 0.5) is 0 Å². The van der Waals surface area contributed by atoms with Gasteiger partial charge in [-0.2, -0.15) is 0 Å². The van der Waals surface area contributed by atoms with Gasteiger partial charge in [-0.25, -0.2) is 9.97 Å². The molecule has 32 heavy (non-hydrogen) atoms. The normalized spacial score (nSPS) is 15.8. The first-order valence-electron chi connectivity index (χ1n) is 10.6. The summed E-state index contributed by atoms with van der Waals surface area (Å²) in [6, 6.07) is 19.1. The number of methoxy groups -OCH3 is 2. The highest BCUT2D eigenvalue weighted by atomic mass is 16.5. The first-order valence-corrected chi connectivity index (χ1v) is 10.6. The molecule has 4 aromatic rings. The minimum atomic E-state index is 0.00905. The molecule has 0 saturated carbocycles. The Bertz CT molecular complexity index is 1270. The Morgan fingerprint density at radius 2 is 1.81 bits per heavy atom. The number of nitrogens with zero attached hydrogens (tertiary/aromatic N) is 4. The first kappa shape index (κ1) is 20.1. The van der Waals surface area contributed by atoms with E-state index in [1.165, 1.54) is 0 Å². The van der Waals surface area contributed by atoms with E-state index in [9.17, 15) is 4.79 Å². The van der Waals surface area contributed by atoms with Crippen LogP contribution in [0.25, 0.3) is 22.6 Å². The fraction of sp³-hybridized carbons (Fsp3) is 0.240. The van der Waals surface area contributed by atoms with Crippen molar-refractivity contribution in [2.75, 3.05) is 27.3 Å². The van der Waals surface area contributed by atoms with Crippen LogP contribution in [0, 0.1) is 0 Å². The maximum Gasteiger partial charge on any atom is 0.254 e. The molecule has 1 saturated heterocycles. The van der Waals surface area contributed by atoms with E-state index < -0.39 is 0 Å². The van der Waals surface area contributed by atoms with Gasteiger partial charge in [-0.1, -0.05) is 6.07 Å². The molecule has 1 aliphatic rings.